The first kappa shape index (κ1) is 14.0. The number of methoxy groups -OCH3 is 1. The maximum absolute atomic E-state index is 5.81. The van der Waals surface area contributed by atoms with Crippen molar-refractivity contribution in [3.05, 3.63) is 59.7 Å². The zero-order chi connectivity index (χ0) is 14.7. The van der Waals surface area contributed by atoms with E-state index in [9.17, 15) is 0 Å². The second-order valence-electron chi connectivity index (χ2n) is 5.41. The third kappa shape index (κ3) is 2.88. The standard InChI is InChI=1S/C18H21NO2/c1-19-17(11-13-6-5-7-14(10-13)20-2)16-12-21-18-9-4-3-8-15(16)18/h3-10,16-17,19H,11-12H2,1-2H3. The molecule has 110 valence electrons. The third-order valence-corrected chi connectivity index (χ3v) is 4.18. The summed E-state index contributed by atoms with van der Waals surface area (Å²) in [4.78, 5) is 0. The van der Waals surface area contributed by atoms with Gasteiger partial charge in [-0.2, -0.15) is 0 Å². The Morgan fingerprint density at radius 3 is 2.90 bits per heavy atom. The number of ether oxygens (including phenoxy) is 2. The first-order valence-electron chi connectivity index (χ1n) is 7.33. The van der Waals surface area contributed by atoms with E-state index in [4.69, 9.17) is 9.47 Å². The smallest absolute Gasteiger partial charge is 0.122 e. The summed E-state index contributed by atoms with van der Waals surface area (Å²) < 4.78 is 11.1. The van der Waals surface area contributed by atoms with E-state index in [0.29, 0.717) is 12.0 Å². The van der Waals surface area contributed by atoms with E-state index < -0.39 is 0 Å². The molecule has 2 aromatic carbocycles. The summed E-state index contributed by atoms with van der Waals surface area (Å²) in [6.07, 6.45) is 0.954. The number of likely N-dealkylation sites (N-methyl/N-ethyl adjacent to an activating group) is 1. The molecule has 0 radical (unpaired) electrons. The van der Waals surface area contributed by atoms with Crippen LogP contribution in [0, 0.1) is 0 Å². The second kappa shape index (κ2) is 6.19. The Labute approximate surface area is 125 Å². The van der Waals surface area contributed by atoms with Gasteiger partial charge >= 0.3 is 0 Å². The van der Waals surface area contributed by atoms with Gasteiger partial charge in [0.25, 0.3) is 0 Å². The number of nitrogens with one attached hydrogen (secondary N) is 1. The Kier molecular flexibility index (Phi) is 4.11. The van der Waals surface area contributed by atoms with Crippen LogP contribution < -0.4 is 14.8 Å². The maximum atomic E-state index is 5.81. The zero-order valence-electron chi connectivity index (χ0n) is 12.5. The lowest BCUT2D eigenvalue weighted by Gasteiger charge is -2.22. The van der Waals surface area contributed by atoms with E-state index in [-0.39, 0.29) is 0 Å². The van der Waals surface area contributed by atoms with Crippen LogP contribution in [-0.2, 0) is 6.42 Å². The van der Waals surface area contributed by atoms with Crippen molar-refractivity contribution in [1.82, 2.24) is 5.32 Å². The summed E-state index contributed by atoms with van der Waals surface area (Å²) in [5.41, 5.74) is 2.58. The molecular weight excluding hydrogens is 262 g/mol. The zero-order valence-corrected chi connectivity index (χ0v) is 12.5. The molecule has 2 aromatic rings. The van der Waals surface area contributed by atoms with Crippen LogP contribution in [0.4, 0.5) is 0 Å². The Hall–Kier alpha value is -2.00. The van der Waals surface area contributed by atoms with E-state index in [1.165, 1.54) is 11.1 Å². The van der Waals surface area contributed by atoms with E-state index in [1.807, 2.05) is 31.3 Å². The Bertz CT molecular complexity index is 612. The molecule has 1 N–H and O–H groups in total. The largest absolute Gasteiger partial charge is 0.497 e. The lowest BCUT2D eigenvalue weighted by molar-refractivity contribution is 0.302. The van der Waals surface area contributed by atoms with Gasteiger partial charge in [-0.05, 0) is 37.2 Å². The molecule has 0 saturated carbocycles. The fourth-order valence-electron chi connectivity index (χ4n) is 3.02. The predicted octanol–water partition coefficient (Wildman–Crippen LogP) is 3.00. The van der Waals surface area contributed by atoms with Gasteiger partial charge < -0.3 is 14.8 Å². The van der Waals surface area contributed by atoms with Crippen LogP contribution in [0.15, 0.2) is 48.5 Å². The molecule has 2 unspecified atom stereocenters. The molecule has 2 atom stereocenters. The number of fused-ring (bicyclic) bond motifs is 1. The quantitative estimate of drug-likeness (QED) is 0.915. The van der Waals surface area contributed by atoms with Gasteiger partial charge in [0.05, 0.1) is 13.7 Å². The highest BCUT2D eigenvalue weighted by molar-refractivity contribution is 5.41. The fraction of sp³-hybridized carbons (Fsp3) is 0.333. The maximum Gasteiger partial charge on any atom is 0.122 e. The molecule has 0 spiro atoms. The van der Waals surface area contributed by atoms with Crippen molar-refractivity contribution in [3.63, 3.8) is 0 Å². The van der Waals surface area contributed by atoms with E-state index >= 15 is 0 Å². The van der Waals surface area contributed by atoms with Crippen molar-refractivity contribution < 1.29 is 9.47 Å². The predicted molar refractivity (Wildman–Crippen MR) is 84.2 cm³/mol. The second-order valence-corrected chi connectivity index (χ2v) is 5.41. The van der Waals surface area contributed by atoms with Gasteiger partial charge in [0.1, 0.15) is 11.5 Å². The van der Waals surface area contributed by atoms with Crippen molar-refractivity contribution >= 4 is 0 Å². The van der Waals surface area contributed by atoms with Crippen molar-refractivity contribution in [3.8, 4) is 11.5 Å². The molecule has 1 aliphatic heterocycles. The van der Waals surface area contributed by atoms with Crippen molar-refractivity contribution in [1.29, 1.82) is 0 Å². The summed E-state index contributed by atoms with van der Waals surface area (Å²) >= 11 is 0. The first-order valence-corrected chi connectivity index (χ1v) is 7.33. The number of benzene rings is 2. The number of rotatable bonds is 5. The molecular formula is C18H21NO2. The topological polar surface area (TPSA) is 30.5 Å². The van der Waals surface area contributed by atoms with Gasteiger partial charge in [-0.1, -0.05) is 30.3 Å². The van der Waals surface area contributed by atoms with Crippen LogP contribution in [-0.4, -0.2) is 26.8 Å². The highest BCUT2D eigenvalue weighted by Gasteiger charge is 2.30. The molecule has 0 aliphatic carbocycles. The van der Waals surface area contributed by atoms with Gasteiger partial charge in [-0.25, -0.2) is 0 Å². The van der Waals surface area contributed by atoms with Crippen molar-refractivity contribution in [2.24, 2.45) is 0 Å². The van der Waals surface area contributed by atoms with Crippen LogP contribution in [0.25, 0.3) is 0 Å². The molecule has 3 nitrogen and oxygen atoms in total. The van der Waals surface area contributed by atoms with Crippen LogP contribution in [0.3, 0.4) is 0 Å². The summed E-state index contributed by atoms with van der Waals surface area (Å²) in [5.74, 6) is 2.32. The third-order valence-electron chi connectivity index (χ3n) is 4.18. The average molecular weight is 283 g/mol. The SMILES string of the molecule is CNC(Cc1cccc(OC)c1)C1COc2ccccc21. The lowest BCUT2D eigenvalue weighted by Crippen LogP contribution is -2.35. The molecule has 21 heavy (non-hydrogen) atoms. The van der Waals surface area contributed by atoms with Crippen LogP contribution in [0.2, 0.25) is 0 Å². The highest BCUT2D eigenvalue weighted by Crippen LogP contribution is 2.36. The van der Waals surface area contributed by atoms with Gasteiger partial charge in [-0.3, -0.25) is 0 Å². The van der Waals surface area contributed by atoms with Gasteiger partial charge in [-0.15, -0.1) is 0 Å². The van der Waals surface area contributed by atoms with E-state index in [1.54, 1.807) is 7.11 Å². The molecule has 0 amide bonds. The summed E-state index contributed by atoms with van der Waals surface area (Å²) in [5, 5.41) is 3.45. The molecule has 3 heteroatoms. The normalized spacial score (nSPS) is 17.9. The fourth-order valence-corrected chi connectivity index (χ4v) is 3.02. The lowest BCUT2D eigenvalue weighted by atomic mass is 9.89. The van der Waals surface area contributed by atoms with E-state index in [0.717, 1.165) is 24.5 Å². The molecule has 0 fully saturated rings. The molecule has 0 bridgehead atoms. The number of hydrogen-bond acceptors (Lipinski definition) is 3. The molecule has 1 heterocycles. The minimum atomic E-state index is 0.348. The minimum absolute atomic E-state index is 0.348. The Morgan fingerprint density at radius 2 is 2.10 bits per heavy atom. The molecule has 1 aliphatic rings. The van der Waals surface area contributed by atoms with Crippen molar-refractivity contribution in [2.45, 2.75) is 18.4 Å². The van der Waals surface area contributed by atoms with Gasteiger partial charge in [0.2, 0.25) is 0 Å². The summed E-state index contributed by atoms with van der Waals surface area (Å²) in [7, 11) is 3.72. The molecule has 0 aromatic heterocycles. The monoisotopic (exact) mass is 283 g/mol. The van der Waals surface area contributed by atoms with Gasteiger partial charge in [0, 0.05) is 17.5 Å². The number of para-hydroxylation sites is 1. The van der Waals surface area contributed by atoms with Crippen LogP contribution in [0.1, 0.15) is 17.0 Å². The number of hydrogen-bond donors (Lipinski definition) is 1. The Balaban J connectivity index is 1.80. The summed E-state index contributed by atoms with van der Waals surface area (Å²) in [6, 6.07) is 16.9. The summed E-state index contributed by atoms with van der Waals surface area (Å²) in [6.45, 7) is 0.745. The minimum Gasteiger partial charge on any atom is -0.497 e. The van der Waals surface area contributed by atoms with Gasteiger partial charge in [0.15, 0.2) is 0 Å². The Morgan fingerprint density at radius 1 is 1.24 bits per heavy atom. The molecule has 0 saturated heterocycles. The molecule has 3 rings (SSSR count). The van der Waals surface area contributed by atoms with Crippen LogP contribution >= 0.6 is 0 Å². The van der Waals surface area contributed by atoms with Crippen molar-refractivity contribution in [2.75, 3.05) is 20.8 Å². The van der Waals surface area contributed by atoms with E-state index in [2.05, 4.69) is 29.6 Å². The van der Waals surface area contributed by atoms with Crippen LogP contribution in [0.5, 0.6) is 11.5 Å². The highest BCUT2D eigenvalue weighted by atomic mass is 16.5. The average Bonchev–Trinajstić information content (AvgIpc) is 2.97. The first-order chi connectivity index (χ1) is 10.3.